The highest BCUT2D eigenvalue weighted by Crippen LogP contribution is 2.30. The van der Waals surface area contributed by atoms with Crippen LogP contribution in [0.15, 0.2) is 48.5 Å². The van der Waals surface area contributed by atoms with E-state index >= 15 is 0 Å². The topological polar surface area (TPSA) is 76.7 Å². The number of hydrogen-bond donors (Lipinski definition) is 2. The molecule has 7 heteroatoms. The lowest BCUT2D eigenvalue weighted by Gasteiger charge is -2.10. The monoisotopic (exact) mass is 372 g/mol. The summed E-state index contributed by atoms with van der Waals surface area (Å²) >= 11 is 0. The number of ether oxygens (including phenoxy) is 2. The lowest BCUT2D eigenvalue weighted by Crippen LogP contribution is -2.32. The Balaban J connectivity index is 1.34. The first kappa shape index (κ1) is 18.7. The summed E-state index contributed by atoms with van der Waals surface area (Å²) in [5.41, 5.74) is 0.650. The number of halogens is 1. The van der Waals surface area contributed by atoms with Crippen molar-refractivity contribution in [2.24, 2.45) is 5.92 Å². The van der Waals surface area contributed by atoms with Gasteiger partial charge in [0.1, 0.15) is 23.9 Å². The Hall–Kier alpha value is -3.09. The molecule has 0 aliphatic heterocycles. The minimum Gasteiger partial charge on any atom is -0.492 e. The minimum atomic E-state index is -0.330. The summed E-state index contributed by atoms with van der Waals surface area (Å²) in [4.78, 5) is 23.6. The molecule has 2 aromatic rings. The molecule has 0 spiro atoms. The van der Waals surface area contributed by atoms with Crippen LogP contribution >= 0.6 is 0 Å². The predicted molar refractivity (Wildman–Crippen MR) is 98.2 cm³/mol. The SMILES string of the molecule is O=C(COc1cccc(NC(=O)C2CC2)c1)NCCOc1ccc(F)cc1. The first-order valence-electron chi connectivity index (χ1n) is 8.79. The zero-order valence-corrected chi connectivity index (χ0v) is 14.7. The van der Waals surface area contributed by atoms with Crippen LogP contribution < -0.4 is 20.1 Å². The number of nitrogens with one attached hydrogen (secondary N) is 2. The van der Waals surface area contributed by atoms with Crippen LogP contribution in [0.1, 0.15) is 12.8 Å². The van der Waals surface area contributed by atoms with E-state index in [2.05, 4.69) is 10.6 Å². The van der Waals surface area contributed by atoms with E-state index in [1.807, 2.05) is 0 Å². The summed E-state index contributed by atoms with van der Waals surface area (Å²) in [7, 11) is 0. The number of carbonyl (C=O) groups is 2. The molecular weight excluding hydrogens is 351 g/mol. The Labute approximate surface area is 156 Å². The maximum atomic E-state index is 12.8. The summed E-state index contributed by atoms with van der Waals surface area (Å²) in [6, 6.07) is 12.6. The molecule has 2 N–H and O–H groups in total. The van der Waals surface area contributed by atoms with Crippen molar-refractivity contribution in [3.63, 3.8) is 0 Å². The highest BCUT2D eigenvalue weighted by Gasteiger charge is 2.29. The van der Waals surface area contributed by atoms with Crippen molar-refractivity contribution in [1.82, 2.24) is 5.32 Å². The van der Waals surface area contributed by atoms with Gasteiger partial charge in [-0.25, -0.2) is 4.39 Å². The van der Waals surface area contributed by atoms with Gasteiger partial charge in [-0.05, 0) is 49.2 Å². The highest BCUT2D eigenvalue weighted by molar-refractivity contribution is 5.94. The lowest BCUT2D eigenvalue weighted by molar-refractivity contribution is -0.123. The summed E-state index contributed by atoms with van der Waals surface area (Å²) in [5.74, 6) is 0.561. The average molecular weight is 372 g/mol. The van der Waals surface area contributed by atoms with Crippen molar-refractivity contribution in [3.05, 3.63) is 54.3 Å². The molecule has 1 saturated carbocycles. The van der Waals surface area contributed by atoms with Crippen LogP contribution in [0.4, 0.5) is 10.1 Å². The van der Waals surface area contributed by atoms with Gasteiger partial charge < -0.3 is 20.1 Å². The Morgan fingerprint density at radius 2 is 1.81 bits per heavy atom. The normalized spacial score (nSPS) is 12.9. The summed E-state index contributed by atoms with van der Waals surface area (Å²) in [5, 5.41) is 5.51. The Morgan fingerprint density at radius 1 is 1.04 bits per heavy atom. The van der Waals surface area contributed by atoms with Crippen LogP contribution in [0.3, 0.4) is 0 Å². The number of carbonyl (C=O) groups excluding carboxylic acids is 2. The molecule has 0 radical (unpaired) electrons. The van der Waals surface area contributed by atoms with Crippen molar-refractivity contribution in [1.29, 1.82) is 0 Å². The summed E-state index contributed by atoms with van der Waals surface area (Å²) < 4.78 is 23.6. The second-order valence-corrected chi connectivity index (χ2v) is 6.23. The van der Waals surface area contributed by atoms with Crippen LogP contribution in [-0.4, -0.2) is 31.6 Å². The molecule has 1 aliphatic carbocycles. The largest absolute Gasteiger partial charge is 0.492 e. The van der Waals surface area contributed by atoms with E-state index in [0.29, 0.717) is 23.7 Å². The molecule has 0 aromatic heterocycles. The number of amides is 2. The van der Waals surface area contributed by atoms with E-state index in [0.717, 1.165) is 12.8 Å². The molecule has 1 fully saturated rings. The van der Waals surface area contributed by atoms with Gasteiger partial charge >= 0.3 is 0 Å². The first-order valence-corrected chi connectivity index (χ1v) is 8.79. The van der Waals surface area contributed by atoms with E-state index in [9.17, 15) is 14.0 Å². The zero-order valence-electron chi connectivity index (χ0n) is 14.7. The first-order chi connectivity index (χ1) is 13.1. The third-order valence-electron chi connectivity index (χ3n) is 3.93. The summed E-state index contributed by atoms with van der Waals surface area (Å²) in [6.07, 6.45) is 1.88. The van der Waals surface area contributed by atoms with Gasteiger partial charge in [-0.2, -0.15) is 0 Å². The van der Waals surface area contributed by atoms with Crippen LogP contribution in [0.2, 0.25) is 0 Å². The van der Waals surface area contributed by atoms with Gasteiger partial charge in [-0.3, -0.25) is 9.59 Å². The fraction of sp³-hybridized carbons (Fsp3) is 0.300. The number of anilines is 1. The number of benzene rings is 2. The van der Waals surface area contributed by atoms with E-state index in [4.69, 9.17) is 9.47 Å². The van der Waals surface area contributed by atoms with Crippen molar-refractivity contribution >= 4 is 17.5 Å². The second-order valence-electron chi connectivity index (χ2n) is 6.23. The molecule has 6 nitrogen and oxygen atoms in total. The third-order valence-corrected chi connectivity index (χ3v) is 3.93. The molecule has 0 bridgehead atoms. The Bertz CT molecular complexity index is 791. The molecule has 27 heavy (non-hydrogen) atoms. The molecule has 2 aromatic carbocycles. The van der Waals surface area contributed by atoms with Gasteiger partial charge in [0.15, 0.2) is 6.61 Å². The van der Waals surface area contributed by atoms with Gasteiger partial charge in [-0.1, -0.05) is 6.07 Å². The Kier molecular flexibility index (Phi) is 6.25. The van der Waals surface area contributed by atoms with Crippen molar-refractivity contribution < 1.29 is 23.5 Å². The van der Waals surface area contributed by atoms with Gasteiger partial charge in [0.05, 0.1) is 6.54 Å². The van der Waals surface area contributed by atoms with E-state index in [-0.39, 0.29) is 36.8 Å². The standard InChI is InChI=1S/C20H21FN2O4/c21-15-6-8-17(9-7-15)26-11-10-22-19(24)13-27-18-3-1-2-16(12-18)23-20(25)14-4-5-14/h1-3,6-9,12,14H,4-5,10-11,13H2,(H,22,24)(H,23,25). The molecule has 1 aliphatic rings. The van der Waals surface area contributed by atoms with Crippen molar-refractivity contribution in [2.75, 3.05) is 25.1 Å². The van der Waals surface area contributed by atoms with Crippen molar-refractivity contribution in [2.45, 2.75) is 12.8 Å². The van der Waals surface area contributed by atoms with E-state index in [1.165, 1.54) is 24.3 Å². The van der Waals surface area contributed by atoms with Crippen LogP contribution in [-0.2, 0) is 9.59 Å². The molecule has 0 heterocycles. The minimum absolute atomic E-state index is 0.0195. The maximum Gasteiger partial charge on any atom is 0.258 e. The van der Waals surface area contributed by atoms with Gasteiger partial charge in [0.2, 0.25) is 5.91 Å². The quantitative estimate of drug-likeness (QED) is 0.664. The molecule has 142 valence electrons. The average Bonchev–Trinajstić information content (AvgIpc) is 3.51. The number of rotatable bonds is 9. The Morgan fingerprint density at radius 3 is 2.56 bits per heavy atom. The van der Waals surface area contributed by atoms with Crippen LogP contribution in [0.5, 0.6) is 11.5 Å². The lowest BCUT2D eigenvalue weighted by atomic mass is 10.3. The van der Waals surface area contributed by atoms with E-state index < -0.39 is 0 Å². The fourth-order valence-corrected chi connectivity index (χ4v) is 2.34. The molecule has 3 rings (SSSR count). The summed E-state index contributed by atoms with van der Waals surface area (Å²) in [6.45, 7) is 0.424. The fourth-order valence-electron chi connectivity index (χ4n) is 2.34. The molecule has 0 saturated heterocycles. The smallest absolute Gasteiger partial charge is 0.258 e. The van der Waals surface area contributed by atoms with Crippen molar-refractivity contribution in [3.8, 4) is 11.5 Å². The number of hydrogen-bond acceptors (Lipinski definition) is 4. The van der Waals surface area contributed by atoms with Gasteiger partial charge in [-0.15, -0.1) is 0 Å². The van der Waals surface area contributed by atoms with Gasteiger partial charge in [0.25, 0.3) is 5.91 Å². The van der Waals surface area contributed by atoms with Gasteiger partial charge in [0, 0.05) is 17.7 Å². The third kappa shape index (κ3) is 6.29. The van der Waals surface area contributed by atoms with Crippen LogP contribution in [0, 0.1) is 11.7 Å². The molecule has 0 atom stereocenters. The van der Waals surface area contributed by atoms with Crippen LogP contribution in [0.25, 0.3) is 0 Å². The zero-order chi connectivity index (χ0) is 19.1. The second kappa shape index (κ2) is 9.02. The van der Waals surface area contributed by atoms with E-state index in [1.54, 1.807) is 24.3 Å². The maximum absolute atomic E-state index is 12.8. The molecular formula is C20H21FN2O4. The predicted octanol–water partition coefficient (Wildman–Crippen LogP) is 2.75. The molecule has 0 unspecified atom stereocenters. The molecule has 2 amide bonds. The highest BCUT2D eigenvalue weighted by atomic mass is 19.1.